The number of alkyl halides is 5. The van der Waals surface area contributed by atoms with Gasteiger partial charge in [0.1, 0.15) is 17.0 Å². The van der Waals surface area contributed by atoms with Gasteiger partial charge in [-0.15, -0.1) is 0 Å². The van der Waals surface area contributed by atoms with Crippen LogP contribution in [0.5, 0.6) is 5.75 Å². The number of nitrogens with one attached hydrogen (secondary N) is 1. The van der Waals surface area contributed by atoms with Gasteiger partial charge in [0.2, 0.25) is 0 Å². The van der Waals surface area contributed by atoms with Gasteiger partial charge in [-0.25, -0.2) is 8.42 Å². The van der Waals surface area contributed by atoms with Crippen LogP contribution < -0.4 is 10.1 Å². The van der Waals surface area contributed by atoms with Gasteiger partial charge in [-0.1, -0.05) is 12.1 Å². The fraction of sp³-hybridized carbons (Fsp3) is 0.381. The number of hydrogen-bond acceptors (Lipinski definition) is 7. The largest absolute Gasteiger partial charge is 0.435 e. The first kappa shape index (κ1) is 25.8. The molecule has 36 heavy (non-hydrogen) atoms. The van der Waals surface area contributed by atoms with Crippen LogP contribution in [-0.2, 0) is 16.4 Å². The summed E-state index contributed by atoms with van der Waals surface area (Å²) >= 11 is 0. The Morgan fingerprint density at radius 3 is 2.58 bits per heavy atom. The average molecular weight is 534 g/mol. The number of benzene rings is 1. The van der Waals surface area contributed by atoms with E-state index >= 15 is 0 Å². The molecule has 1 saturated heterocycles. The summed E-state index contributed by atoms with van der Waals surface area (Å²) in [4.78, 5) is 16.9. The van der Waals surface area contributed by atoms with Crippen LogP contribution in [0.2, 0.25) is 0 Å². The molecule has 1 aromatic carbocycles. The van der Waals surface area contributed by atoms with E-state index in [9.17, 15) is 40.3 Å². The van der Waals surface area contributed by atoms with E-state index in [1.165, 1.54) is 37.3 Å². The van der Waals surface area contributed by atoms with Crippen molar-refractivity contribution < 1.29 is 45.0 Å². The number of carbonyl (C=O) groups excluding carboxylic acids is 1. The fourth-order valence-corrected chi connectivity index (χ4v) is 5.95. The second-order valence-corrected chi connectivity index (χ2v) is 10.7. The number of nitrogens with zero attached hydrogens (tertiary/aromatic N) is 3. The van der Waals surface area contributed by atoms with E-state index in [0.717, 1.165) is 10.9 Å². The number of pyridine rings is 1. The summed E-state index contributed by atoms with van der Waals surface area (Å²) in [5.41, 5.74) is -0.913. The molecule has 4 rings (SSSR count). The van der Waals surface area contributed by atoms with Gasteiger partial charge in [-0.3, -0.25) is 14.5 Å². The molecule has 0 bridgehead atoms. The van der Waals surface area contributed by atoms with Crippen LogP contribution in [-0.4, -0.2) is 70.1 Å². The highest BCUT2D eigenvalue weighted by Gasteiger charge is 2.46. The van der Waals surface area contributed by atoms with Crippen molar-refractivity contribution in [3.63, 3.8) is 0 Å². The molecule has 15 heteroatoms. The van der Waals surface area contributed by atoms with Crippen LogP contribution >= 0.6 is 0 Å². The maximum atomic E-state index is 13.0. The minimum absolute atomic E-state index is 0.00287. The summed E-state index contributed by atoms with van der Waals surface area (Å²) in [5, 5.41) is 16.3. The second kappa shape index (κ2) is 8.96. The van der Waals surface area contributed by atoms with E-state index in [1.54, 1.807) is 0 Å². The molecule has 3 aromatic rings. The van der Waals surface area contributed by atoms with Gasteiger partial charge < -0.3 is 15.2 Å². The molecule has 2 aromatic heterocycles. The first-order chi connectivity index (χ1) is 16.7. The van der Waals surface area contributed by atoms with Crippen LogP contribution in [0, 0.1) is 0 Å². The number of fused-ring (bicyclic) bond motifs is 1. The molecule has 194 valence electrons. The van der Waals surface area contributed by atoms with Crippen LogP contribution in [0.15, 0.2) is 36.5 Å². The van der Waals surface area contributed by atoms with Gasteiger partial charge in [0.05, 0.1) is 34.7 Å². The molecule has 1 fully saturated rings. The van der Waals surface area contributed by atoms with Crippen molar-refractivity contribution in [2.24, 2.45) is 0 Å². The predicted molar refractivity (Wildman–Crippen MR) is 116 cm³/mol. The highest BCUT2D eigenvalue weighted by Crippen LogP contribution is 2.31. The monoisotopic (exact) mass is 534 g/mol. The van der Waals surface area contributed by atoms with Gasteiger partial charge >= 0.3 is 12.8 Å². The number of hydrogen-bond donors (Lipinski definition) is 2. The molecule has 0 spiro atoms. The molecule has 1 aliphatic heterocycles. The zero-order chi connectivity index (χ0) is 26.5. The van der Waals surface area contributed by atoms with Crippen LogP contribution in [0.4, 0.5) is 22.0 Å². The molecule has 2 N–H and O–H groups in total. The summed E-state index contributed by atoms with van der Waals surface area (Å²) in [7, 11) is -3.26. The number of sulfone groups is 1. The smallest absolute Gasteiger partial charge is 0.416 e. The molecule has 0 radical (unpaired) electrons. The van der Waals surface area contributed by atoms with Gasteiger partial charge in [0.25, 0.3) is 5.91 Å². The molecular formula is C21H19F5N4O5S. The second-order valence-electron chi connectivity index (χ2n) is 8.63. The zero-order valence-corrected chi connectivity index (χ0v) is 19.3. The van der Waals surface area contributed by atoms with Crippen LogP contribution in [0.3, 0.4) is 0 Å². The highest BCUT2D eigenvalue weighted by atomic mass is 32.2. The average Bonchev–Trinajstić information content (AvgIpc) is 3.08. The van der Waals surface area contributed by atoms with Crippen molar-refractivity contribution in [3.8, 4) is 17.0 Å². The molecule has 0 saturated carbocycles. The van der Waals surface area contributed by atoms with Crippen molar-refractivity contribution in [1.29, 1.82) is 0 Å². The quantitative estimate of drug-likeness (QED) is 0.447. The number of carbonyl (C=O) groups is 1. The molecule has 9 nitrogen and oxygen atoms in total. The summed E-state index contributed by atoms with van der Waals surface area (Å²) in [6.45, 7) is -2.60. The van der Waals surface area contributed by atoms with E-state index in [2.05, 4.69) is 20.1 Å². The summed E-state index contributed by atoms with van der Waals surface area (Å²) in [5.74, 6) is -1.46. The third-order valence-corrected chi connectivity index (χ3v) is 7.56. The lowest BCUT2D eigenvalue weighted by Gasteiger charge is -2.38. The zero-order valence-electron chi connectivity index (χ0n) is 18.5. The van der Waals surface area contributed by atoms with Crippen LogP contribution in [0.25, 0.3) is 22.3 Å². The van der Waals surface area contributed by atoms with Crippen molar-refractivity contribution in [2.45, 2.75) is 37.9 Å². The first-order valence-electron chi connectivity index (χ1n) is 10.4. The standard InChI is InChI=1S/C21H19F5N4O5S/c1-20(9-36(33,34)10-20)28-18(32)12-6-14-17(27-7-12)16(29-30(14)8-15(31)21(24,25)26)11-3-2-4-13(5-11)35-19(22)23/h2-7,15,19,31H,8-10H2,1H3,(H,28,32)/t15-/m1/s1. The Bertz CT molecular complexity index is 1410. The van der Waals surface area contributed by atoms with E-state index < -0.39 is 46.7 Å². The third-order valence-electron chi connectivity index (χ3n) is 5.40. The molecule has 1 amide bonds. The number of amides is 1. The minimum atomic E-state index is -4.96. The number of halogens is 5. The number of rotatable bonds is 7. The summed E-state index contributed by atoms with van der Waals surface area (Å²) < 4.78 is 92.5. The SMILES string of the molecule is CC1(NC(=O)c2cnc3c(-c4cccc(OC(F)F)c4)nn(C[C@@H](O)C(F)(F)F)c3c2)CS(=O)(=O)C1. The van der Waals surface area contributed by atoms with E-state index in [0.29, 0.717) is 0 Å². The number of aliphatic hydroxyl groups excluding tert-OH is 1. The van der Waals surface area contributed by atoms with Crippen molar-refractivity contribution in [3.05, 3.63) is 42.1 Å². The van der Waals surface area contributed by atoms with Crippen LogP contribution in [0.1, 0.15) is 17.3 Å². The van der Waals surface area contributed by atoms with Crippen molar-refractivity contribution >= 4 is 26.8 Å². The predicted octanol–water partition coefficient (Wildman–Crippen LogP) is 2.54. The topological polar surface area (TPSA) is 123 Å². The van der Waals surface area contributed by atoms with Gasteiger partial charge in [0, 0.05) is 11.8 Å². The summed E-state index contributed by atoms with van der Waals surface area (Å²) in [6.07, 6.45) is -6.63. The summed E-state index contributed by atoms with van der Waals surface area (Å²) in [6, 6.07) is 6.47. The van der Waals surface area contributed by atoms with E-state index in [-0.39, 0.29) is 45.1 Å². The Hall–Kier alpha value is -3.33. The minimum Gasteiger partial charge on any atom is -0.435 e. The lowest BCUT2D eigenvalue weighted by Crippen LogP contribution is -2.63. The Morgan fingerprint density at radius 2 is 1.97 bits per heavy atom. The Morgan fingerprint density at radius 1 is 1.28 bits per heavy atom. The van der Waals surface area contributed by atoms with Gasteiger partial charge in [-0.05, 0) is 25.1 Å². The maximum absolute atomic E-state index is 13.0. The Labute approximate surface area is 200 Å². The number of ether oxygens (including phenoxy) is 1. The van der Waals surface area contributed by atoms with E-state index in [4.69, 9.17) is 0 Å². The Kier molecular flexibility index (Phi) is 6.41. The third kappa shape index (κ3) is 5.41. The van der Waals surface area contributed by atoms with Gasteiger partial charge in [-0.2, -0.15) is 27.1 Å². The maximum Gasteiger partial charge on any atom is 0.416 e. The fourth-order valence-electron chi connectivity index (χ4n) is 3.95. The number of aliphatic hydroxyl groups is 1. The molecule has 0 unspecified atom stereocenters. The number of aromatic nitrogens is 3. The molecule has 3 heterocycles. The lowest BCUT2D eigenvalue weighted by molar-refractivity contribution is -0.207. The van der Waals surface area contributed by atoms with Crippen molar-refractivity contribution in [1.82, 2.24) is 20.1 Å². The highest BCUT2D eigenvalue weighted by molar-refractivity contribution is 7.93. The first-order valence-corrected chi connectivity index (χ1v) is 12.2. The molecule has 1 atom stereocenters. The van der Waals surface area contributed by atoms with Gasteiger partial charge in [0.15, 0.2) is 15.9 Å². The lowest BCUT2D eigenvalue weighted by atomic mass is 10.1. The Balaban J connectivity index is 1.75. The molecule has 1 aliphatic rings. The molecular weight excluding hydrogens is 515 g/mol. The normalized spacial score (nSPS) is 17.6. The van der Waals surface area contributed by atoms with Crippen molar-refractivity contribution in [2.75, 3.05) is 11.5 Å². The molecule has 0 aliphatic carbocycles. The van der Waals surface area contributed by atoms with E-state index in [1.807, 2.05) is 0 Å².